The van der Waals surface area contributed by atoms with Crippen LogP contribution in [0, 0.1) is 6.92 Å². The Morgan fingerprint density at radius 3 is 2.75 bits per heavy atom. The molecule has 5 heteroatoms. The molecule has 82 valence electrons. The van der Waals surface area contributed by atoms with E-state index in [9.17, 15) is 4.79 Å². The number of rotatable bonds is 2. The maximum atomic E-state index is 12.3. The van der Waals surface area contributed by atoms with Gasteiger partial charge in [-0.25, -0.2) is 0 Å². The quantitative estimate of drug-likeness (QED) is 0.792. The molecule has 2 aromatic rings. The molecule has 0 aromatic carbocycles. The maximum absolute atomic E-state index is 12.3. The Balaban J connectivity index is 2.52. The molecule has 0 aliphatic rings. The first-order chi connectivity index (χ1) is 7.61. The summed E-state index contributed by atoms with van der Waals surface area (Å²) in [7, 11) is 1.74. The minimum Gasteiger partial charge on any atom is -0.287 e. The van der Waals surface area contributed by atoms with Gasteiger partial charge in [0.15, 0.2) is 0 Å². The number of aromatic nitrogens is 3. The molecular weight excluding hydrogens is 270 g/mol. The van der Waals surface area contributed by atoms with Crippen molar-refractivity contribution in [2.45, 2.75) is 6.92 Å². The Morgan fingerprint density at radius 1 is 1.44 bits per heavy atom. The van der Waals surface area contributed by atoms with Crippen molar-refractivity contribution < 1.29 is 4.79 Å². The lowest BCUT2D eigenvalue weighted by Crippen LogP contribution is -2.10. The third-order valence-corrected chi connectivity index (χ3v) is 2.95. The van der Waals surface area contributed by atoms with E-state index in [1.165, 1.54) is 0 Å². The Bertz CT molecular complexity index is 528. The zero-order valence-electron chi connectivity index (χ0n) is 8.94. The summed E-state index contributed by atoms with van der Waals surface area (Å²) in [5, 5.41) is 4.03. The van der Waals surface area contributed by atoms with E-state index in [-0.39, 0.29) is 5.78 Å². The van der Waals surface area contributed by atoms with Crippen LogP contribution in [0.25, 0.3) is 0 Å². The first-order valence-corrected chi connectivity index (χ1v) is 5.53. The van der Waals surface area contributed by atoms with Gasteiger partial charge >= 0.3 is 0 Å². The molecule has 0 saturated carbocycles. The minimum atomic E-state index is -0.0493. The molecule has 0 N–H and O–H groups in total. The fourth-order valence-corrected chi connectivity index (χ4v) is 2.05. The van der Waals surface area contributed by atoms with Crippen LogP contribution in [0.15, 0.2) is 29.1 Å². The second kappa shape index (κ2) is 4.17. The predicted molar refractivity (Wildman–Crippen MR) is 63.3 cm³/mol. The first-order valence-electron chi connectivity index (χ1n) is 4.74. The van der Waals surface area contributed by atoms with Crippen LogP contribution in [0.5, 0.6) is 0 Å². The summed E-state index contributed by atoms with van der Waals surface area (Å²) in [6, 6.07) is 1.72. The van der Waals surface area contributed by atoms with E-state index in [1.54, 1.807) is 36.4 Å². The van der Waals surface area contributed by atoms with Crippen molar-refractivity contribution in [2.75, 3.05) is 0 Å². The van der Waals surface area contributed by atoms with Gasteiger partial charge in [0, 0.05) is 25.0 Å². The van der Waals surface area contributed by atoms with Gasteiger partial charge in [0.05, 0.1) is 10.7 Å². The van der Waals surface area contributed by atoms with Gasteiger partial charge < -0.3 is 0 Å². The molecule has 2 rings (SSSR count). The fraction of sp³-hybridized carbons (Fsp3) is 0.182. The number of carbonyl (C=O) groups is 1. The van der Waals surface area contributed by atoms with Crippen LogP contribution < -0.4 is 0 Å². The molecular formula is C11H10BrN3O. The molecule has 0 atom stereocenters. The lowest BCUT2D eigenvalue weighted by atomic mass is 10.1. The molecule has 2 aromatic heterocycles. The Kier molecular flexibility index (Phi) is 2.87. The molecule has 0 spiro atoms. The van der Waals surface area contributed by atoms with Crippen LogP contribution in [0.4, 0.5) is 0 Å². The van der Waals surface area contributed by atoms with E-state index in [0.717, 1.165) is 5.56 Å². The van der Waals surface area contributed by atoms with Crippen LogP contribution in [-0.2, 0) is 7.05 Å². The molecule has 0 amide bonds. The molecule has 16 heavy (non-hydrogen) atoms. The van der Waals surface area contributed by atoms with Gasteiger partial charge in [-0.2, -0.15) is 5.10 Å². The van der Waals surface area contributed by atoms with E-state index >= 15 is 0 Å². The average Bonchev–Trinajstić information content (AvgIpc) is 2.58. The summed E-state index contributed by atoms with van der Waals surface area (Å²) in [4.78, 5) is 16.2. The van der Waals surface area contributed by atoms with Crippen molar-refractivity contribution in [3.05, 3.63) is 46.0 Å². The summed E-state index contributed by atoms with van der Waals surface area (Å²) in [5.74, 6) is -0.0493. The van der Waals surface area contributed by atoms with Crippen LogP contribution >= 0.6 is 15.9 Å². The van der Waals surface area contributed by atoms with Crippen molar-refractivity contribution in [3.8, 4) is 0 Å². The van der Waals surface area contributed by atoms with Gasteiger partial charge in [-0.05, 0) is 34.5 Å². The monoisotopic (exact) mass is 279 g/mol. The average molecular weight is 280 g/mol. The lowest BCUT2D eigenvalue weighted by molar-refractivity contribution is 0.102. The SMILES string of the molecule is Cc1cnccc1C(=O)c1c(Br)cnn1C. The molecule has 4 nitrogen and oxygen atoms in total. The second-order valence-corrected chi connectivity index (χ2v) is 4.34. The third-order valence-electron chi connectivity index (χ3n) is 2.37. The van der Waals surface area contributed by atoms with Gasteiger partial charge in [-0.3, -0.25) is 14.5 Å². The molecule has 2 heterocycles. The summed E-state index contributed by atoms with van der Waals surface area (Å²) in [6.45, 7) is 1.87. The van der Waals surface area contributed by atoms with Crippen molar-refractivity contribution in [2.24, 2.45) is 7.05 Å². The molecule has 0 unspecified atom stereocenters. The second-order valence-electron chi connectivity index (χ2n) is 3.48. The standard InChI is InChI=1S/C11H10BrN3O/c1-7-5-13-4-3-8(7)11(16)10-9(12)6-14-15(10)2/h3-6H,1-2H3. The van der Waals surface area contributed by atoms with Crippen molar-refractivity contribution in [1.82, 2.24) is 14.8 Å². The van der Waals surface area contributed by atoms with Gasteiger partial charge in [-0.15, -0.1) is 0 Å². The molecule has 0 radical (unpaired) electrons. The largest absolute Gasteiger partial charge is 0.287 e. The zero-order chi connectivity index (χ0) is 11.7. The van der Waals surface area contributed by atoms with E-state index in [0.29, 0.717) is 15.7 Å². The van der Waals surface area contributed by atoms with Crippen LogP contribution in [0.1, 0.15) is 21.6 Å². The van der Waals surface area contributed by atoms with E-state index in [2.05, 4.69) is 26.0 Å². The minimum absolute atomic E-state index is 0.0493. The van der Waals surface area contributed by atoms with Crippen molar-refractivity contribution in [3.63, 3.8) is 0 Å². The highest BCUT2D eigenvalue weighted by Gasteiger charge is 2.18. The molecule has 0 aliphatic carbocycles. The zero-order valence-corrected chi connectivity index (χ0v) is 10.5. The molecule has 0 aliphatic heterocycles. The van der Waals surface area contributed by atoms with Gasteiger partial charge in [0.25, 0.3) is 0 Å². The molecule has 0 saturated heterocycles. The van der Waals surface area contributed by atoms with Gasteiger partial charge in [-0.1, -0.05) is 0 Å². The van der Waals surface area contributed by atoms with Gasteiger partial charge in [0.2, 0.25) is 5.78 Å². The van der Waals surface area contributed by atoms with Crippen LogP contribution in [-0.4, -0.2) is 20.5 Å². The van der Waals surface area contributed by atoms with E-state index in [1.807, 2.05) is 6.92 Å². The molecule has 0 bridgehead atoms. The number of aryl methyl sites for hydroxylation is 2. The molecule has 0 fully saturated rings. The predicted octanol–water partition coefficient (Wildman–Crippen LogP) is 2.12. The highest BCUT2D eigenvalue weighted by Crippen LogP contribution is 2.20. The topological polar surface area (TPSA) is 47.8 Å². The van der Waals surface area contributed by atoms with Crippen molar-refractivity contribution in [1.29, 1.82) is 0 Å². The summed E-state index contributed by atoms with van der Waals surface area (Å²) >= 11 is 3.32. The summed E-state index contributed by atoms with van der Waals surface area (Å²) in [6.07, 6.45) is 4.91. The van der Waals surface area contributed by atoms with E-state index in [4.69, 9.17) is 0 Å². The fourth-order valence-electron chi connectivity index (χ4n) is 1.52. The van der Waals surface area contributed by atoms with Crippen LogP contribution in [0.3, 0.4) is 0 Å². The maximum Gasteiger partial charge on any atom is 0.212 e. The smallest absolute Gasteiger partial charge is 0.212 e. The highest BCUT2D eigenvalue weighted by molar-refractivity contribution is 9.10. The number of hydrogen-bond donors (Lipinski definition) is 0. The van der Waals surface area contributed by atoms with Crippen LogP contribution in [0.2, 0.25) is 0 Å². The Labute approximate surface area is 101 Å². The Hall–Kier alpha value is -1.49. The number of ketones is 1. The number of halogens is 1. The summed E-state index contributed by atoms with van der Waals surface area (Å²) < 4.78 is 2.27. The first kappa shape index (κ1) is 11.0. The Morgan fingerprint density at radius 2 is 2.19 bits per heavy atom. The number of nitrogens with zero attached hydrogens (tertiary/aromatic N) is 3. The van der Waals surface area contributed by atoms with E-state index < -0.39 is 0 Å². The normalized spacial score (nSPS) is 10.4. The lowest BCUT2D eigenvalue weighted by Gasteiger charge is -2.04. The van der Waals surface area contributed by atoms with Crippen molar-refractivity contribution >= 4 is 21.7 Å². The van der Waals surface area contributed by atoms with Gasteiger partial charge in [0.1, 0.15) is 5.69 Å². The number of carbonyl (C=O) groups excluding carboxylic acids is 1. The highest BCUT2D eigenvalue weighted by atomic mass is 79.9. The third kappa shape index (κ3) is 1.78. The number of hydrogen-bond acceptors (Lipinski definition) is 3. The number of pyridine rings is 1. The summed E-state index contributed by atoms with van der Waals surface area (Å²) in [5.41, 5.74) is 2.06.